The maximum atomic E-state index is 6.26. The van der Waals surface area contributed by atoms with Crippen molar-refractivity contribution in [1.29, 1.82) is 0 Å². The van der Waals surface area contributed by atoms with Gasteiger partial charge in [0.05, 0.1) is 11.0 Å². The summed E-state index contributed by atoms with van der Waals surface area (Å²) in [7, 11) is 4.10. The van der Waals surface area contributed by atoms with Crippen LogP contribution in [0.5, 0.6) is 0 Å². The molecule has 0 radical (unpaired) electrons. The Morgan fingerprint density at radius 1 is 0.792 bits per heavy atom. The molecule has 24 heavy (non-hydrogen) atoms. The lowest BCUT2D eigenvalue weighted by Gasteiger charge is -2.15. The number of pyridine rings is 1. The normalized spacial score (nSPS) is 11.1. The molecule has 2 nitrogen and oxygen atoms in total. The van der Waals surface area contributed by atoms with E-state index in [1.165, 1.54) is 16.8 Å². The summed E-state index contributed by atoms with van der Waals surface area (Å²) in [5, 5.41) is 2.95. The number of para-hydroxylation sites is 1. The molecule has 1 heterocycles. The van der Waals surface area contributed by atoms with Crippen molar-refractivity contribution in [1.82, 2.24) is 4.98 Å². The maximum Gasteiger partial charge on any atom is 0.0717 e. The van der Waals surface area contributed by atoms with Gasteiger partial charge < -0.3 is 4.90 Å². The van der Waals surface area contributed by atoms with E-state index in [0.717, 1.165) is 26.8 Å². The highest BCUT2D eigenvalue weighted by Gasteiger charge is 2.11. The summed E-state index contributed by atoms with van der Waals surface area (Å²) in [6.07, 6.45) is 0. The lowest BCUT2D eigenvalue weighted by atomic mass is 9.96. The maximum absolute atomic E-state index is 6.26. The van der Waals surface area contributed by atoms with Crippen LogP contribution in [0.25, 0.3) is 32.9 Å². The Bertz CT molecular complexity index is 1040. The van der Waals surface area contributed by atoms with Gasteiger partial charge in [-0.2, -0.15) is 0 Å². The van der Waals surface area contributed by atoms with Crippen LogP contribution >= 0.6 is 11.6 Å². The van der Waals surface area contributed by atoms with Crippen molar-refractivity contribution in [3.8, 4) is 11.1 Å². The monoisotopic (exact) mass is 332 g/mol. The topological polar surface area (TPSA) is 16.1 Å². The van der Waals surface area contributed by atoms with Crippen LogP contribution in [-0.2, 0) is 0 Å². The van der Waals surface area contributed by atoms with E-state index in [0.29, 0.717) is 0 Å². The van der Waals surface area contributed by atoms with Crippen LogP contribution in [0.4, 0.5) is 5.69 Å². The van der Waals surface area contributed by atoms with Crippen LogP contribution in [0.15, 0.2) is 66.7 Å². The molecule has 0 aliphatic carbocycles. The van der Waals surface area contributed by atoms with Gasteiger partial charge in [0, 0.05) is 41.1 Å². The third kappa shape index (κ3) is 2.49. The van der Waals surface area contributed by atoms with Crippen molar-refractivity contribution >= 4 is 39.1 Å². The van der Waals surface area contributed by atoms with Crippen molar-refractivity contribution < 1.29 is 0 Å². The first-order valence-electron chi connectivity index (χ1n) is 7.89. The fourth-order valence-electron chi connectivity index (χ4n) is 3.10. The fourth-order valence-corrected chi connectivity index (χ4v) is 3.27. The quantitative estimate of drug-likeness (QED) is 0.433. The summed E-state index contributed by atoms with van der Waals surface area (Å²) in [6.45, 7) is 0. The molecule has 0 saturated heterocycles. The molecule has 0 fully saturated rings. The number of anilines is 1. The molecule has 0 atom stereocenters. The summed E-state index contributed by atoms with van der Waals surface area (Å²) in [4.78, 5) is 6.88. The minimum Gasteiger partial charge on any atom is -0.378 e. The molecule has 0 saturated carbocycles. The molecule has 0 aliphatic rings. The number of hydrogen-bond donors (Lipinski definition) is 0. The second-order valence-electron chi connectivity index (χ2n) is 6.11. The van der Waals surface area contributed by atoms with Gasteiger partial charge in [-0.15, -0.1) is 0 Å². The summed E-state index contributed by atoms with van der Waals surface area (Å²) < 4.78 is 0. The van der Waals surface area contributed by atoms with Gasteiger partial charge in [-0.05, 0) is 42.0 Å². The van der Waals surface area contributed by atoms with Gasteiger partial charge in [-0.3, -0.25) is 0 Å². The van der Waals surface area contributed by atoms with E-state index in [-0.39, 0.29) is 0 Å². The first kappa shape index (κ1) is 15.0. The highest BCUT2D eigenvalue weighted by Crippen LogP contribution is 2.36. The zero-order valence-corrected chi connectivity index (χ0v) is 14.4. The number of nitrogens with zero attached hydrogens (tertiary/aromatic N) is 2. The largest absolute Gasteiger partial charge is 0.378 e. The summed E-state index contributed by atoms with van der Waals surface area (Å²) in [5.74, 6) is 0. The second-order valence-corrected chi connectivity index (χ2v) is 6.54. The van der Waals surface area contributed by atoms with E-state index < -0.39 is 0 Å². The molecular weight excluding hydrogens is 316 g/mol. The Hall–Kier alpha value is -2.58. The van der Waals surface area contributed by atoms with Gasteiger partial charge in [-0.25, -0.2) is 4.98 Å². The van der Waals surface area contributed by atoms with Crippen LogP contribution in [-0.4, -0.2) is 19.1 Å². The molecule has 0 spiro atoms. The molecule has 0 unspecified atom stereocenters. The molecular formula is C21H17ClN2. The van der Waals surface area contributed by atoms with Crippen molar-refractivity contribution in [2.45, 2.75) is 0 Å². The van der Waals surface area contributed by atoms with Gasteiger partial charge in [0.25, 0.3) is 0 Å². The van der Waals surface area contributed by atoms with Crippen molar-refractivity contribution in [3.05, 3.63) is 71.8 Å². The number of hydrogen-bond acceptors (Lipinski definition) is 2. The SMILES string of the molecule is CN(C)c1ccc(-c2c3ccccc3nc3ccc(Cl)cc23)cc1. The minimum absolute atomic E-state index is 0.728. The Morgan fingerprint density at radius 2 is 1.50 bits per heavy atom. The zero-order valence-electron chi connectivity index (χ0n) is 13.6. The molecule has 3 heteroatoms. The van der Waals surface area contributed by atoms with Crippen molar-refractivity contribution in [2.24, 2.45) is 0 Å². The number of aromatic nitrogens is 1. The Balaban J connectivity index is 2.08. The standard InChI is InChI=1S/C21H17ClN2/c1-24(2)16-10-7-14(8-11-16)21-17-5-3-4-6-19(17)23-20-12-9-15(22)13-18(20)21/h3-13H,1-2H3. The third-order valence-corrected chi connectivity index (χ3v) is 4.55. The van der Waals surface area contributed by atoms with Gasteiger partial charge in [0.1, 0.15) is 0 Å². The van der Waals surface area contributed by atoms with E-state index in [1.54, 1.807) is 0 Å². The molecule has 118 valence electrons. The molecule has 1 aromatic heterocycles. The highest BCUT2D eigenvalue weighted by molar-refractivity contribution is 6.31. The number of benzene rings is 3. The summed E-state index contributed by atoms with van der Waals surface area (Å²) >= 11 is 6.26. The molecule has 4 aromatic rings. The lowest BCUT2D eigenvalue weighted by molar-refractivity contribution is 1.13. The van der Waals surface area contributed by atoms with Crippen molar-refractivity contribution in [2.75, 3.05) is 19.0 Å². The summed E-state index contributed by atoms with van der Waals surface area (Å²) in [6, 6.07) is 22.8. The second kappa shape index (κ2) is 5.81. The number of fused-ring (bicyclic) bond motifs is 2. The fraction of sp³-hybridized carbons (Fsp3) is 0.0952. The Kier molecular flexibility index (Phi) is 3.62. The van der Waals surface area contributed by atoms with Crippen LogP contribution in [0, 0.1) is 0 Å². The number of halogens is 1. The summed E-state index contributed by atoms with van der Waals surface area (Å²) in [5.41, 5.74) is 5.50. The minimum atomic E-state index is 0.728. The molecule has 0 aliphatic heterocycles. The van der Waals surface area contributed by atoms with Crippen LogP contribution in [0.1, 0.15) is 0 Å². The van der Waals surface area contributed by atoms with Crippen LogP contribution in [0.3, 0.4) is 0 Å². The number of rotatable bonds is 2. The molecule has 4 rings (SSSR count). The van der Waals surface area contributed by atoms with Gasteiger partial charge in [-0.1, -0.05) is 41.9 Å². The van der Waals surface area contributed by atoms with Crippen molar-refractivity contribution in [3.63, 3.8) is 0 Å². The average Bonchev–Trinajstić information content (AvgIpc) is 2.60. The van der Waals surface area contributed by atoms with Crippen LogP contribution in [0.2, 0.25) is 5.02 Å². The van der Waals surface area contributed by atoms with Crippen LogP contribution < -0.4 is 4.90 Å². The highest BCUT2D eigenvalue weighted by atomic mass is 35.5. The smallest absolute Gasteiger partial charge is 0.0717 e. The van der Waals surface area contributed by atoms with E-state index in [9.17, 15) is 0 Å². The van der Waals surface area contributed by atoms with E-state index in [2.05, 4.69) is 47.4 Å². The third-order valence-electron chi connectivity index (χ3n) is 4.31. The molecule has 0 bridgehead atoms. The lowest BCUT2D eigenvalue weighted by Crippen LogP contribution is -2.07. The van der Waals surface area contributed by atoms with Gasteiger partial charge in [0.2, 0.25) is 0 Å². The van der Waals surface area contributed by atoms with E-state index in [4.69, 9.17) is 16.6 Å². The average molecular weight is 333 g/mol. The Morgan fingerprint density at radius 3 is 2.25 bits per heavy atom. The molecule has 0 N–H and O–H groups in total. The Labute approximate surface area is 146 Å². The van der Waals surface area contributed by atoms with E-state index >= 15 is 0 Å². The van der Waals surface area contributed by atoms with Gasteiger partial charge in [0.15, 0.2) is 0 Å². The first-order chi connectivity index (χ1) is 11.6. The van der Waals surface area contributed by atoms with Gasteiger partial charge >= 0.3 is 0 Å². The molecule has 0 amide bonds. The predicted molar refractivity (Wildman–Crippen MR) is 104 cm³/mol. The van der Waals surface area contributed by atoms with E-state index in [1.807, 2.05) is 38.4 Å². The molecule has 3 aromatic carbocycles. The zero-order chi connectivity index (χ0) is 16.7. The predicted octanol–water partition coefficient (Wildman–Crippen LogP) is 5.77. The first-order valence-corrected chi connectivity index (χ1v) is 8.27.